The molecule has 0 heterocycles. The summed E-state index contributed by atoms with van der Waals surface area (Å²) in [6, 6.07) is -0.521. The van der Waals surface area contributed by atoms with Gasteiger partial charge in [-0.1, -0.05) is 77.0 Å². The van der Waals surface area contributed by atoms with Crippen LogP contribution in [0.1, 0.15) is 89.9 Å². The molecule has 6 heteroatoms. The van der Waals surface area contributed by atoms with E-state index >= 15 is 0 Å². The number of carbonyl (C=O) groups excluding carboxylic acids is 3. The van der Waals surface area contributed by atoms with Gasteiger partial charge in [0.05, 0.1) is 18.8 Å². The molecule has 4 N–H and O–H groups in total. The summed E-state index contributed by atoms with van der Waals surface area (Å²) in [5.74, 6) is 0. The van der Waals surface area contributed by atoms with Gasteiger partial charge in [0.1, 0.15) is 24.3 Å². The zero-order chi connectivity index (χ0) is 20.4. The molecule has 27 heavy (non-hydrogen) atoms. The minimum atomic E-state index is -1.41. The minimum absolute atomic E-state index is 0.168. The second-order valence-electron chi connectivity index (χ2n) is 7.66. The SMILES string of the molecule is N[C@@H](CO)[C@H](O)CCCCCCCCCCCCCCC(C=O)(C=O)C=O. The number of hydrogen-bond acceptors (Lipinski definition) is 6. The van der Waals surface area contributed by atoms with Crippen molar-refractivity contribution in [2.24, 2.45) is 11.1 Å². The summed E-state index contributed by atoms with van der Waals surface area (Å²) in [6.45, 7) is -0.168. The highest BCUT2D eigenvalue weighted by Crippen LogP contribution is 2.19. The van der Waals surface area contributed by atoms with E-state index in [1.165, 1.54) is 38.5 Å². The van der Waals surface area contributed by atoms with Crippen molar-refractivity contribution in [3.05, 3.63) is 0 Å². The van der Waals surface area contributed by atoms with Crippen LogP contribution in [0.25, 0.3) is 0 Å². The topological polar surface area (TPSA) is 118 Å². The van der Waals surface area contributed by atoms with Crippen LogP contribution in [0.15, 0.2) is 0 Å². The maximum Gasteiger partial charge on any atom is 0.140 e. The lowest BCUT2D eigenvalue weighted by Gasteiger charge is -2.15. The molecular weight excluding hydrogens is 346 g/mol. The number of hydrogen-bond donors (Lipinski definition) is 3. The molecule has 0 spiro atoms. The van der Waals surface area contributed by atoms with Gasteiger partial charge in [-0.05, 0) is 12.8 Å². The smallest absolute Gasteiger partial charge is 0.140 e. The zero-order valence-corrected chi connectivity index (χ0v) is 16.7. The average Bonchev–Trinajstić information content (AvgIpc) is 2.70. The maximum absolute atomic E-state index is 10.8. The Morgan fingerprint density at radius 2 is 1.07 bits per heavy atom. The molecule has 0 unspecified atom stereocenters. The molecule has 0 aliphatic carbocycles. The van der Waals surface area contributed by atoms with Gasteiger partial charge in [0, 0.05) is 0 Å². The van der Waals surface area contributed by atoms with Crippen LogP contribution in [0, 0.1) is 5.41 Å². The molecule has 0 radical (unpaired) electrons. The second kappa shape index (κ2) is 17.0. The summed E-state index contributed by atoms with van der Waals surface area (Å²) >= 11 is 0. The number of aliphatic hydroxyl groups excluding tert-OH is 2. The average molecular weight is 386 g/mol. The Kier molecular flexibility index (Phi) is 16.3. The van der Waals surface area contributed by atoms with Crippen LogP contribution >= 0.6 is 0 Å². The first kappa shape index (κ1) is 25.9. The maximum atomic E-state index is 10.8. The predicted octanol–water partition coefficient (Wildman–Crippen LogP) is 2.71. The van der Waals surface area contributed by atoms with E-state index in [4.69, 9.17) is 10.8 Å². The fraction of sp³-hybridized carbons (Fsp3) is 0.857. The fourth-order valence-corrected chi connectivity index (χ4v) is 3.15. The lowest BCUT2D eigenvalue weighted by atomic mass is 9.87. The van der Waals surface area contributed by atoms with Gasteiger partial charge in [0.2, 0.25) is 0 Å². The third-order valence-corrected chi connectivity index (χ3v) is 5.22. The molecule has 0 aromatic rings. The number of rotatable bonds is 20. The molecular formula is C21H39NO5. The standard InChI is InChI=1S/C21H39NO5/c22-19(15-23)20(27)13-11-9-7-5-3-1-2-4-6-8-10-12-14-21(16-24,17-25)18-26/h16-20,23,27H,1-15,22H2/t19-,20+/m0/s1. The van der Waals surface area contributed by atoms with E-state index in [1.807, 2.05) is 0 Å². The van der Waals surface area contributed by atoms with Crippen molar-refractivity contribution < 1.29 is 24.6 Å². The van der Waals surface area contributed by atoms with E-state index in [0.717, 1.165) is 38.5 Å². The van der Waals surface area contributed by atoms with Gasteiger partial charge >= 0.3 is 0 Å². The first-order valence-electron chi connectivity index (χ1n) is 10.5. The van der Waals surface area contributed by atoms with Gasteiger partial charge in [-0.15, -0.1) is 0 Å². The highest BCUT2D eigenvalue weighted by molar-refractivity contribution is 6.01. The van der Waals surface area contributed by atoms with E-state index in [-0.39, 0.29) is 6.61 Å². The van der Waals surface area contributed by atoms with Gasteiger partial charge in [-0.2, -0.15) is 0 Å². The Hall–Kier alpha value is -1.11. The van der Waals surface area contributed by atoms with E-state index in [9.17, 15) is 19.5 Å². The number of aliphatic hydroxyl groups is 2. The monoisotopic (exact) mass is 385 g/mol. The molecule has 6 nitrogen and oxygen atoms in total. The number of unbranched alkanes of at least 4 members (excludes halogenated alkanes) is 11. The highest BCUT2D eigenvalue weighted by Gasteiger charge is 2.27. The molecule has 0 aromatic heterocycles. The highest BCUT2D eigenvalue weighted by atomic mass is 16.3. The van der Waals surface area contributed by atoms with Crippen LogP contribution < -0.4 is 5.73 Å². The summed E-state index contributed by atoms with van der Waals surface area (Å²) in [6.07, 6.45) is 15.0. The molecule has 0 amide bonds. The lowest BCUT2D eigenvalue weighted by Crippen LogP contribution is -2.37. The van der Waals surface area contributed by atoms with Crippen molar-refractivity contribution in [1.82, 2.24) is 0 Å². The van der Waals surface area contributed by atoms with Gasteiger partial charge in [-0.25, -0.2) is 0 Å². The predicted molar refractivity (Wildman–Crippen MR) is 106 cm³/mol. The fourth-order valence-electron chi connectivity index (χ4n) is 3.15. The van der Waals surface area contributed by atoms with E-state index in [1.54, 1.807) is 0 Å². The molecule has 158 valence electrons. The molecule has 2 atom stereocenters. The Bertz CT molecular complexity index is 367. The molecule has 0 bridgehead atoms. The van der Waals surface area contributed by atoms with Crippen molar-refractivity contribution in [1.29, 1.82) is 0 Å². The third kappa shape index (κ3) is 12.8. The number of nitrogens with two attached hydrogens (primary N) is 1. The van der Waals surface area contributed by atoms with Crippen LogP contribution in [-0.4, -0.2) is 47.8 Å². The molecule has 0 saturated carbocycles. The lowest BCUT2D eigenvalue weighted by molar-refractivity contribution is -0.133. The van der Waals surface area contributed by atoms with Crippen molar-refractivity contribution in [3.8, 4) is 0 Å². The van der Waals surface area contributed by atoms with Gasteiger partial charge < -0.3 is 30.3 Å². The molecule has 0 aliphatic heterocycles. The van der Waals surface area contributed by atoms with Gasteiger partial charge in [-0.3, -0.25) is 0 Å². The van der Waals surface area contributed by atoms with Crippen LogP contribution in [0.4, 0.5) is 0 Å². The zero-order valence-electron chi connectivity index (χ0n) is 16.7. The van der Waals surface area contributed by atoms with Gasteiger partial charge in [0.15, 0.2) is 0 Å². The molecule has 0 fully saturated rings. The van der Waals surface area contributed by atoms with E-state index < -0.39 is 17.6 Å². The Morgan fingerprint density at radius 1 is 0.704 bits per heavy atom. The van der Waals surface area contributed by atoms with Crippen molar-refractivity contribution in [3.63, 3.8) is 0 Å². The molecule has 0 aromatic carbocycles. The normalized spacial score (nSPS) is 13.9. The van der Waals surface area contributed by atoms with Crippen molar-refractivity contribution >= 4 is 18.9 Å². The molecule has 0 aliphatic rings. The number of carbonyl (C=O) groups is 3. The number of aldehydes is 3. The van der Waals surface area contributed by atoms with Crippen LogP contribution in [0.3, 0.4) is 0 Å². The molecule has 0 rings (SSSR count). The third-order valence-electron chi connectivity index (χ3n) is 5.22. The summed E-state index contributed by atoms with van der Waals surface area (Å²) in [7, 11) is 0. The summed E-state index contributed by atoms with van der Waals surface area (Å²) < 4.78 is 0. The van der Waals surface area contributed by atoms with Crippen LogP contribution in [0.5, 0.6) is 0 Å². The van der Waals surface area contributed by atoms with Crippen LogP contribution in [0.2, 0.25) is 0 Å². The summed E-state index contributed by atoms with van der Waals surface area (Å²) in [5.41, 5.74) is 4.15. The quantitative estimate of drug-likeness (QED) is 0.168. The Labute approximate surface area is 163 Å². The van der Waals surface area contributed by atoms with Crippen molar-refractivity contribution in [2.75, 3.05) is 6.61 Å². The Balaban J connectivity index is 3.35. The largest absolute Gasteiger partial charge is 0.395 e. The first-order chi connectivity index (χ1) is 13.0. The summed E-state index contributed by atoms with van der Waals surface area (Å²) in [5, 5.41) is 18.5. The second-order valence-corrected chi connectivity index (χ2v) is 7.66. The summed E-state index contributed by atoms with van der Waals surface area (Å²) in [4.78, 5) is 32.5. The van der Waals surface area contributed by atoms with Crippen LogP contribution in [-0.2, 0) is 14.4 Å². The minimum Gasteiger partial charge on any atom is -0.395 e. The van der Waals surface area contributed by atoms with Crippen molar-refractivity contribution in [2.45, 2.75) is 102 Å². The van der Waals surface area contributed by atoms with Gasteiger partial charge in [0.25, 0.3) is 0 Å². The molecule has 0 saturated heterocycles. The van der Waals surface area contributed by atoms with E-state index in [0.29, 0.717) is 31.7 Å². The first-order valence-corrected chi connectivity index (χ1v) is 10.5. The van der Waals surface area contributed by atoms with E-state index in [2.05, 4.69) is 0 Å². The Morgan fingerprint density at radius 3 is 1.44 bits per heavy atom.